The number of amides is 1. The first-order valence-corrected chi connectivity index (χ1v) is 3.26. The van der Waals surface area contributed by atoms with E-state index in [0.717, 1.165) is 11.1 Å². The third-order valence-corrected chi connectivity index (χ3v) is 1.32. The Morgan fingerprint density at radius 3 is 2.10 bits per heavy atom. The predicted molar refractivity (Wildman–Crippen MR) is 43.2 cm³/mol. The molecule has 0 N–H and O–H groups in total. The van der Waals surface area contributed by atoms with Crippen LogP contribution in [0.25, 0.3) is 0 Å². The average Bonchev–Trinajstić information content (AvgIpc) is 1.87. The maximum Gasteiger partial charge on any atom is 0.272 e. The summed E-state index contributed by atoms with van der Waals surface area (Å²) >= 11 is 0. The van der Waals surface area contributed by atoms with E-state index < -0.39 is 0 Å². The minimum atomic E-state index is -0.137. The van der Waals surface area contributed by atoms with E-state index in [9.17, 15) is 4.79 Å². The molecule has 0 aliphatic rings. The topological polar surface area (TPSA) is 29.4 Å². The smallest absolute Gasteiger partial charge is 0.267 e. The van der Waals surface area contributed by atoms with Crippen molar-refractivity contribution in [2.24, 2.45) is 4.99 Å². The molecular weight excluding hydrogens is 126 g/mol. The van der Waals surface area contributed by atoms with Gasteiger partial charge in [0.15, 0.2) is 0 Å². The first kappa shape index (κ1) is 9.08. The van der Waals surface area contributed by atoms with Crippen LogP contribution in [0.1, 0.15) is 27.7 Å². The Morgan fingerprint density at radius 1 is 1.30 bits per heavy atom. The summed E-state index contributed by atoms with van der Waals surface area (Å²) in [5.41, 5.74) is 1.76. The normalized spacial score (nSPS) is 10.0. The van der Waals surface area contributed by atoms with Crippen molar-refractivity contribution in [1.29, 1.82) is 0 Å². The van der Waals surface area contributed by atoms with E-state index in [1.165, 1.54) is 6.21 Å². The summed E-state index contributed by atoms with van der Waals surface area (Å²) in [5, 5.41) is 0. The van der Waals surface area contributed by atoms with E-state index in [1.807, 2.05) is 13.8 Å². The fraction of sp³-hybridized carbons (Fsp3) is 0.500. The van der Waals surface area contributed by atoms with E-state index in [1.54, 1.807) is 13.8 Å². The van der Waals surface area contributed by atoms with Gasteiger partial charge in [-0.2, -0.15) is 0 Å². The molecule has 1 amide bonds. The summed E-state index contributed by atoms with van der Waals surface area (Å²) in [5.74, 6) is -0.137. The zero-order chi connectivity index (χ0) is 8.15. The molecule has 0 aromatic carbocycles. The Bertz CT molecular complexity index is 185. The van der Waals surface area contributed by atoms with Crippen LogP contribution in [-0.4, -0.2) is 12.1 Å². The summed E-state index contributed by atoms with van der Waals surface area (Å²) in [6, 6.07) is 0. The van der Waals surface area contributed by atoms with Crippen molar-refractivity contribution < 1.29 is 4.79 Å². The summed E-state index contributed by atoms with van der Waals surface area (Å²) in [4.78, 5) is 14.6. The van der Waals surface area contributed by atoms with Gasteiger partial charge in [0.1, 0.15) is 0 Å². The van der Waals surface area contributed by atoms with Gasteiger partial charge in [-0.15, -0.1) is 0 Å². The van der Waals surface area contributed by atoms with Crippen molar-refractivity contribution in [3.8, 4) is 0 Å². The van der Waals surface area contributed by atoms with Gasteiger partial charge in [0.05, 0.1) is 0 Å². The second kappa shape index (κ2) is 3.99. The zero-order valence-electron chi connectivity index (χ0n) is 6.93. The van der Waals surface area contributed by atoms with Crippen molar-refractivity contribution in [3.05, 3.63) is 11.1 Å². The Kier molecular flexibility index (Phi) is 3.62. The summed E-state index contributed by atoms with van der Waals surface area (Å²) in [6.45, 7) is 7.32. The van der Waals surface area contributed by atoms with Crippen LogP contribution in [0.3, 0.4) is 0 Å². The van der Waals surface area contributed by atoms with Gasteiger partial charge in [-0.25, -0.2) is 4.99 Å². The van der Waals surface area contributed by atoms with E-state index in [0.29, 0.717) is 0 Å². The monoisotopic (exact) mass is 139 g/mol. The summed E-state index contributed by atoms with van der Waals surface area (Å²) < 4.78 is 0. The maximum atomic E-state index is 10.9. The van der Waals surface area contributed by atoms with Gasteiger partial charge in [0.25, 0.3) is 5.91 Å². The number of carbonyl (C=O) groups is 1. The van der Waals surface area contributed by atoms with Crippen LogP contribution in [0.2, 0.25) is 0 Å². The standard InChI is InChI=1S/C8H13NO/c1-5-9-8(10)7(4)6(2)3/h5H,1-4H3. The molecule has 10 heavy (non-hydrogen) atoms. The van der Waals surface area contributed by atoms with Gasteiger partial charge < -0.3 is 0 Å². The SMILES string of the molecule is CC=NC(=O)C(C)=C(C)C. The van der Waals surface area contributed by atoms with Crippen LogP contribution in [0.15, 0.2) is 16.1 Å². The van der Waals surface area contributed by atoms with Crippen LogP contribution in [0.4, 0.5) is 0 Å². The molecule has 56 valence electrons. The molecule has 0 unspecified atom stereocenters. The highest BCUT2D eigenvalue weighted by Crippen LogP contribution is 2.02. The van der Waals surface area contributed by atoms with Crippen molar-refractivity contribution in [2.75, 3.05) is 0 Å². The second-order valence-electron chi connectivity index (χ2n) is 2.32. The summed E-state index contributed by atoms with van der Waals surface area (Å²) in [6.07, 6.45) is 1.51. The number of allylic oxidation sites excluding steroid dienone is 1. The molecule has 0 radical (unpaired) electrons. The predicted octanol–water partition coefficient (Wildman–Crippen LogP) is 1.96. The van der Waals surface area contributed by atoms with Crippen molar-refractivity contribution in [1.82, 2.24) is 0 Å². The van der Waals surface area contributed by atoms with Gasteiger partial charge in [-0.3, -0.25) is 4.79 Å². The molecule has 0 heterocycles. The van der Waals surface area contributed by atoms with Crippen molar-refractivity contribution in [3.63, 3.8) is 0 Å². The van der Waals surface area contributed by atoms with E-state index in [4.69, 9.17) is 0 Å². The van der Waals surface area contributed by atoms with Crippen molar-refractivity contribution >= 4 is 12.1 Å². The van der Waals surface area contributed by atoms with Crippen LogP contribution in [-0.2, 0) is 4.79 Å². The first-order chi connectivity index (χ1) is 4.59. The molecule has 0 fully saturated rings. The van der Waals surface area contributed by atoms with Crippen LogP contribution in [0.5, 0.6) is 0 Å². The van der Waals surface area contributed by atoms with E-state index >= 15 is 0 Å². The molecule has 2 nitrogen and oxygen atoms in total. The molecule has 2 heteroatoms. The quantitative estimate of drug-likeness (QED) is 0.403. The van der Waals surface area contributed by atoms with Gasteiger partial charge in [0.2, 0.25) is 0 Å². The number of hydrogen-bond acceptors (Lipinski definition) is 1. The lowest BCUT2D eigenvalue weighted by atomic mass is 10.2. The lowest BCUT2D eigenvalue weighted by molar-refractivity contribution is -0.114. The Hall–Kier alpha value is -0.920. The third kappa shape index (κ3) is 2.58. The zero-order valence-corrected chi connectivity index (χ0v) is 6.93. The number of hydrogen-bond donors (Lipinski definition) is 0. The van der Waals surface area contributed by atoms with Crippen LogP contribution < -0.4 is 0 Å². The van der Waals surface area contributed by atoms with Crippen molar-refractivity contribution in [2.45, 2.75) is 27.7 Å². The number of nitrogens with zero attached hydrogens (tertiary/aromatic N) is 1. The summed E-state index contributed by atoms with van der Waals surface area (Å²) in [7, 11) is 0. The molecule has 0 atom stereocenters. The maximum absolute atomic E-state index is 10.9. The molecular formula is C8H13NO. The van der Waals surface area contributed by atoms with E-state index in [-0.39, 0.29) is 5.91 Å². The minimum Gasteiger partial charge on any atom is -0.267 e. The van der Waals surface area contributed by atoms with Gasteiger partial charge in [-0.05, 0) is 27.7 Å². The Morgan fingerprint density at radius 2 is 1.80 bits per heavy atom. The van der Waals surface area contributed by atoms with Gasteiger partial charge in [-0.1, -0.05) is 5.57 Å². The number of carbonyl (C=O) groups excluding carboxylic acids is 1. The lowest BCUT2D eigenvalue weighted by Crippen LogP contribution is -1.96. The van der Waals surface area contributed by atoms with Crippen LogP contribution in [0, 0.1) is 0 Å². The second-order valence-corrected chi connectivity index (χ2v) is 2.32. The molecule has 0 aromatic heterocycles. The first-order valence-electron chi connectivity index (χ1n) is 3.26. The lowest BCUT2D eigenvalue weighted by Gasteiger charge is -1.95. The molecule has 0 saturated heterocycles. The Balaban J connectivity index is 4.38. The van der Waals surface area contributed by atoms with Crippen LogP contribution >= 0.6 is 0 Å². The molecule has 0 bridgehead atoms. The average molecular weight is 139 g/mol. The number of aliphatic imine (C=N–C) groups is 1. The number of rotatable bonds is 1. The molecule has 0 rings (SSSR count). The highest BCUT2D eigenvalue weighted by molar-refractivity contribution is 5.97. The third-order valence-electron chi connectivity index (χ3n) is 1.32. The molecule has 0 spiro atoms. The highest BCUT2D eigenvalue weighted by atomic mass is 16.1. The minimum absolute atomic E-state index is 0.137. The molecule has 0 saturated carbocycles. The Labute approximate surface area is 61.7 Å². The molecule has 0 aliphatic heterocycles. The van der Waals surface area contributed by atoms with Gasteiger partial charge >= 0.3 is 0 Å². The molecule has 0 aliphatic carbocycles. The van der Waals surface area contributed by atoms with Gasteiger partial charge in [0, 0.05) is 11.8 Å². The molecule has 0 aromatic rings. The fourth-order valence-corrected chi connectivity index (χ4v) is 0.428. The van der Waals surface area contributed by atoms with E-state index in [2.05, 4.69) is 4.99 Å². The largest absolute Gasteiger partial charge is 0.272 e. The fourth-order valence-electron chi connectivity index (χ4n) is 0.428. The highest BCUT2D eigenvalue weighted by Gasteiger charge is 2.00.